The lowest BCUT2D eigenvalue weighted by Crippen LogP contribution is -2.44. The van der Waals surface area contributed by atoms with Crippen molar-refractivity contribution in [3.63, 3.8) is 0 Å². The van der Waals surface area contributed by atoms with Gasteiger partial charge in [-0.05, 0) is 24.8 Å². The van der Waals surface area contributed by atoms with Crippen LogP contribution in [0.25, 0.3) is 0 Å². The topological polar surface area (TPSA) is 49.6 Å². The molecule has 0 spiro atoms. The predicted molar refractivity (Wildman–Crippen MR) is 95.0 cm³/mol. The highest BCUT2D eigenvalue weighted by Gasteiger charge is 2.34. The Hall–Kier alpha value is -2.28. The van der Waals surface area contributed by atoms with Crippen LogP contribution in [0.3, 0.4) is 0 Å². The van der Waals surface area contributed by atoms with E-state index in [4.69, 9.17) is 4.42 Å². The number of carbonyl (C=O) groups is 1. The number of carbonyl (C=O) groups excluding carboxylic acids is 1. The lowest BCUT2D eigenvalue weighted by atomic mass is 9.81. The number of oxazole rings is 1. The average Bonchev–Trinajstić information content (AvgIpc) is 3.03. The first-order valence-electron chi connectivity index (χ1n) is 9.32. The van der Waals surface area contributed by atoms with Crippen LogP contribution in [0.2, 0.25) is 0 Å². The van der Waals surface area contributed by atoms with Crippen LogP contribution >= 0.6 is 0 Å². The first-order valence-corrected chi connectivity index (χ1v) is 9.32. The van der Waals surface area contributed by atoms with Gasteiger partial charge in [-0.15, -0.1) is 0 Å². The van der Waals surface area contributed by atoms with E-state index >= 15 is 0 Å². The molecule has 1 saturated carbocycles. The molecule has 1 aliphatic heterocycles. The van der Waals surface area contributed by atoms with Crippen molar-refractivity contribution in [2.75, 3.05) is 13.6 Å². The minimum Gasteiger partial charge on any atom is -0.437 e. The molecule has 1 aromatic heterocycles. The van der Waals surface area contributed by atoms with E-state index in [1.807, 2.05) is 4.90 Å². The Morgan fingerprint density at radius 3 is 2.85 bits per heavy atom. The van der Waals surface area contributed by atoms with E-state index in [2.05, 4.69) is 11.9 Å². The molecule has 2 aromatic rings. The summed E-state index contributed by atoms with van der Waals surface area (Å²) in [5, 5.41) is 0. The number of rotatable bonds is 4. The summed E-state index contributed by atoms with van der Waals surface area (Å²) in [5.41, 5.74) is 1.17. The lowest BCUT2D eigenvalue weighted by Gasteiger charge is -2.38. The van der Waals surface area contributed by atoms with Gasteiger partial charge in [0.1, 0.15) is 17.4 Å². The Balaban J connectivity index is 1.43. The number of nitrogens with zero attached hydrogens (tertiary/aromatic N) is 3. The second kappa shape index (κ2) is 7.03. The Bertz CT molecular complexity index is 861. The predicted octanol–water partition coefficient (Wildman–Crippen LogP) is 3.38. The molecule has 7 heteroatoms. The number of halogens is 2. The normalized spacial score (nSPS) is 22.2. The molecule has 0 unspecified atom stereocenters. The van der Waals surface area contributed by atoms with Gasteiger partial charge in [0, 0.05) is 50.8 Å². The molecule has 2 aliphatic rings. The summed E-state index contributed by atoms with van der Waals surface area (Å²) in [7, 11) is 1.80. The molecule has 5 nitrogen and oxygen atoms in total. The van der Waals surface area contributed by atoms with E-state index in [0.717, 1.165) is 30.4 Å². The highest BCUT2D eigenvalue weighted by Crippen LogP contribution is 2.31. The fourth-order valence-corrected chi connectivity index (χ4v) is 3.86. The fourth-order valence-electron chi connectivity index (χ4n) is 3.86. The Labute approximate surface area is 157 Å². The van der Waals surface area contributed by atoms with E-state index < -0.39 is 11.6 Å². The van der Waals surface area contributed by atoms with Gasteiger partial charge in [-0.1, -0.05) is 13.0 Å². The molecule has 2 heterocycles. The quantitative estimate of drug-likeness (QED) is 0.822. The summed E-state index contributed by atoms with van der Waals surface area (Å²) in [6.45, 7) is 3.69. The molecule has 144 valence electrons. The Morgan fingerprint density at radius 1 is 1.37 bits per heavy atom. The highest BCUT2D eigenvalue weighted by molar-refractivity contribution is 5.89. The first-order chi connectivity index (χ1) is 12.9. The summed E-state index contributed by atoms with van der Waals surface area (Å²) in [6, 6.07) is 3.88. The monoisotopic (exact) mass is 375 g/mol. The standard InChI is InChI=1S/C20H23F2N3O2/c1-12-7-15(8-12)24(2)20(26)19-23-17-11-25(6-5-18(17)27-19)10-13-3-4-14(21)9-16(13)22/h3-4,9,12,15H,5-8,10-11H2,1-2H3. The zero-order valence-electron chi connectivity index (χ0n) is 15.5. The third kappa shape index (κ3) is 3.60. The van der Waals surface area contributed by atoms with Crippen LogP contribution in [0.15, 0.2) is 22.6 Å². The fraction of sp³-hybridized carbons (Fsp3) is 0.500. The van der Waals surface area contributed by atoms with E-state index in [1.54, 1.807) is 11.9 Å². The molecule has 0 atom stereocenters. The van der Waals surface area contributed by atoms with Crippen LogP contribution in [-0.4, -0.2) is 40.3 Å². The Morgan fingerprint density at radius 2 is 2.15 bits per heavy atom. The summed E-state index contributed by atoms with van der Waals surface area (Å²) in [5.74, 6) is 0.206. The summed E-state index contributed by atoms with van der Waals surface area (Å²) in [4.78, 5) is 20.8. The van der Waals surface area contributed by atoms with Crippen molar-refractivity contribution in [1.82, 2.24) is 14.8 Å². The number of fused-ring (bicyclic) bond motifs is 1. The second-order valence-electron chi connectivity index (χ2n) is 7.73. The summed E-state index contributed by atoms with van der Waals surface area (Å²) in [6.07, 6.45) is 2.64. The van der Waals surface area contributed by atoms with Crippen LogP contribution < -0.4 is 0 Å². The van der Waals surface area contributed by atoms with Gasteiger partial charge in [0.15, 0.2) is 0 Å². The molecule has 1 aliphatic carbocycles. The Kier molecular flexibility index (Phi) is 4.72. The number of benzene rings is 1. The minimum absolute atomic E-state index is 0.136. The van der Waals surface area contributed by atoms with Crippen LogP contribution in [0.4, 0.5) is 8.78 Å². The average molecular weight is 375 g/mol. The van der Waals surface area contributed by atoms with Gasteiger partial charge in [-0.25, -0.2) is 13.8 Å². The molecule has 0 bridgehead atoms. The van der Waals surface area contributed by atoms with Crippen LogP contribution in [0.1, 0.15) is 47.5 Å². The van der Waals surface area contributed by atoms with Crippen molar-refractivity contribution in [2.24, 2.45) is 5.92 Å². The van der Waals surface area contributed by atoms with Crippen LogP contribution in [0, 0.1) is 17.6 Å². The van der Waals surface area contributed by atoms with Crippen molar-refractivity contribution in [2.45, 2.75) is 45.3 Å². The van der Waals surface area contributed by atoms with Gasteiger partial charge < -0.3 is 9.32 Å². The number of hydrogen-bond acceptors (Lipinski definition) is 4. The number of hydrogen-bond donors (Lipinski definition) is 0. The largest absolute Gasteiger partial charge is 0.437 e. The van der Waals surface area contributed by atoms with Crippen molar-refractivity contribution >= 4 is 5.91 Å². The molecule has 0 saturated heterocycles. The number of amides is 1. The van der Waals surface area contributed by atoms with E-state index in [1.165, 1.54) is 12.1 Å². The summed E-state index contributed by atoms with van der Waals surface area (Å²) >= 11 is 0. The second-order valence-corrected chi connectivity index (χ2v) is 7.73. The summed E-state index contributed by atoms with van der Waals surface area (Å²) < 4.78 is 32.7. The highest BCUT2D eigenvalue weighted by atomic mass is 19.1. The molecule has 1 aromatic carbocycles. The maximum Gasteiger partial charge on any atom is 0.309 e. The zero-order chi connectivity index (χ0) is 19.1. The lowest BCUT2D eigenvalue weighted by molar-refractivity contribution is 0.0531. The third-order valence-electron chi connectivity index (χ3n) is 5.62. The molecule has 1 fully saturated rings. The van der Waals surface area contributed by atoms with Crippen LogP contribution in [-0.2, 0) is 19.5 Å². The molecule has 0 radical (unpaired) electrons. The third-order valence-corrected chi connectivity index (χ3v) is 5.62. The van der Waals surface area contributed by atoms with Gasteiger partial charge in [0.25, 0.3) is 5.89 Å². The van der Waals surface area contributed by atoms with Crippen molar-refractivity contribution in [3.8, 4) is 0 Å². The maximum atomic E-state index is 13.9. The van der Waals surface area contributed by atoms with Gasteiger partial charge in [0.05, 0.1) is 5.69 Å². The molecular weight excluding hydrogens is 352 g/mol. The van der Waals surface area contributed by atoms with Gasteiger partial charge in [-0.3, -0.25) is 9.69 Å². The molecule has 27 heavy (non-hydrogen) atoms. The molecular formula is C20H23F2N3O2. The smallest absolute Gasteiger partial charge is 0.309 e. The first kappa shape index (κ1) is 18.1. The van der Waals surface area contributed by atoms with Gasteiger partial charge in [-0.2, -0.15) is 0 Å². The van der Waals surface area contributed by atoms with E-state index in [9.17, 15) is 13.6 Å². The molecule has 1 amide bonds. The maximum absolute atomic E-state index is 13.9. The minimum atomic E-state index is -0.582. The number of aromatic nitrogens is 1. The van der Waals surface area contributed by atoms with Crippen molar-refractivity contribution < 1.29 is 18.0 Å². The van der Waals surface area contributed by atoms with E-state index in [-0.39, 0.29) is 17.8 Å². The molecule has 4 rings (SSSR count). The van der Waals surface area contributed by atoms with Crippen LogP contribution in [0.5, 0.6) is 0 Å². The van der Waals surface area contributed by atoms with Crippen molar-refractivity contribution in [3.05, 3.63) is 52.7 Å². The zero-order valence-corrected chi connectivity index (χ0v) is 15.5. The SMILES string of the molecule is CC1CC(N(C)C(=O)c2nc3c(o2)CCN(Cc2ccc(F)cc2F)C3)C1. The van der Waals surface area contributed by atoms with E-state index in [0.29, 0.717) is 37.5 Å². The van der Waals surface area contributed by atoms with Crippen molar-refractivity contribution in [1.29, 1.82) is 0 Å². The van der Waals surface area contributed by atoms with Gasteiger partial charge >= 0.3 is 5.91 Å². The van der Waals surface area contributed by atoms with Gasteiger partial charge in [0.2, 0.25) is 0 Å². The molecule has 0 N–H and O–H groups in total.